The van der Waals surface area contributed by atoms with E-state index >= 15 is 0 Å². The lowest BCUT2D eigenvalue weighted by atomic mass is 9.84. The molecule has 1 amide bonds. The van der Waals surface area contributed by atoms with Gasteiger partial charge in [-0.1, -0.05) is 6.42 Å². The second-order valence-electron chi connectivity index (χ2n) is 9.23. The minimum absolute atomic E-state index is 0.00386. The van der Waals surface area contributed by atoms with Crippen LogP contribution in [0.15, 0.2) is 23.6 Å². The smallest absolute Gasteiger partial charge is 0.251 e. The van der Waals surface area contributed by atoms with Crippen molar-refractivity contribution in [3.8, 4) is 17.0 Å². The number of fused-ring (bicyclic) bond motifs is 2. The van der Waals surface area contributed by atoms with Crippen molar-refractivity contribution in [2.45, 2.75) is 51.5 Å². The van der Waals surface area contributed by atoms with E-state index in [2.05, 4.69) is 22.5 Å². The van der Waals surface area contributed by atoms with Crippen LogP contribution in [0.25, 0.3) is 11.3 Å². The second kappa shape index (κ2) is 8.22. The van der Waals surface area contributed by atoms with Crippen LogP contribution >= 0.6 is 11.3 Å². The third-order valence-corrected chi connectivity index (χ3v) is 8.30. The molecule has 1 aromatic carbocycles. The summed E-state index contributed by atoms with van der Waals surface area (Å²) in [7, 11) is 1.67. The van der Waals surface area contributed by atoms with Gasteiger partial charge in [-0.15, -0.1) is 11.3 Å². The van der Waals surface area contributed by atoms with Crippen molar-refractivity contribution >= 4 is 22.4 Å². The summed E-state index contributed by atoms with van der Waals surface area (Å²) < 4.78 is 5.58. The Morgan fingerprint density at radius 1 is 1.27 bits per heavy atom. The van der Waals surface area contributed by atoms with Crippen molar-refractivity contribution in [2.75, 3.05) is 25.1 Å². The molecule has 3 fully saturated rings. The van der Waals surface area contributed by atoms with E-state index in [9.17, 15) is 4.79 Å². The van der Waals surface area contributed by atoms with Gasteiger partial charge in [-0.05, 0) is 75.0 Å². The molecule has 1 aromatic heterocycles. The Balaban J connectivity index is 1.34. The number of amides is 1. The number of benzene rings is 1. The Kier molecular flexibility index (Phi) is 5.44. The summed E-state index contributed by atoms with van der Waals surface area (Å²) in [5, 5.41) is 6.42. The quantitative estimate of drug-likeness (QED) is 0.710. The van der Waals surface area contributed by atoms with Crippen LogP contribution in [0.5, 0.6) is 5.75 Å². The van der Waals surface area contributed by atoms with E-state index in [1.54, 1.807) is 18.4 Å². The number of methoxy groups -OCH3 is 1. The summed E-state index contributed by atoms with van der Waals surface area (Å²) in [5.74, 6) is 3.08. The van der Waals surface area contributed by atoms with Crippen molar-refractivity contribution in [1.29, 1.82) is 0 Å². The molecular formula is C24H31N3O2S. The van der Waals surface area contributed by atoms with Crippen LogP contribution in [0, 0.1) is 17.8 Å². The van der Waals surface area contributed by atoms with Crippen LogP contribution in [-0.4, -0.2) is 37.1 Å². The number of ether oxygens (including phenoxy) is 1. The van der Waals surface area contributed by atoms with Crippen LogP contribution in [0.2, 0.25) is 0 Å². The molecule has 5 rings (SSSR count). The number of thiazole rings is 1. The minimum Gasteiger partial charge on any atom is -0.496 e. The summed E-state index contributed by atoms with van der Waals surface area (Å²) >= 11 is 1.67. The standard InChI is InChI=1S/C24H31N3O2S/c1-15(19-12-16-5-6-17(19)11-16)25-23(28)18-7-8-22(29-2)20(13-18)21-14-30-24(26-21)27-9-3-4-10-27/h7-8,13-17,19H,3-6,9-12H2,1-2H3,(H,25,28). The van der Waals surface area contributed by atoms with Gasteiger partial charge in [0.25, 0.3) is 5.91 Å². The lowest BCUT2D eigenvalue weighted by Crippen LogP contribution is -2.40. The van der Waals surface area contributed by atoms with Crippen molar-refractivity contribution in [3.63, 3.8) is 0 Å². The molecule has 2 heterocycles. The Hall–Kier alpha value is -2.08. The highest BCUT2D eigenvalue weighted by molar-refractivity contribution is 7.14. The van der Waals surface area contributed by atoms with Gasteiger partial charge in [0.2, 0.25) is 0 Å². The zero-order valence-electron chi connectivity index (χ0n) is 17.9. The number of anilines is 1. The molecule has 5 nitrogen and oxygen atoms in total. The monoisotopic (exact) mass is 425 g/mol. The zero-order chi connectivity index (χ0) is 20.7. The normalized spacial score (nSPS) is 26.2. The molecular weight excluding hydrogens is 394 g/mol. The number of carbonyl (C=O) groups is 1. The van der Waals surface area contributed by atoms with Crippen molar-refractivity contribution in [3.05, 3.63) is 29.1 Å². The summed E-state index contributed by atoms with van der Waals surface area (Å²) in [6, 6.07) is 5.91. The zero-order valence-corrected chi connectivity index (χ0v) is 18.7. The first-order valence-electron chi connectivity index (χ1n) is 11.3. The molecule has 2 aromatic rings. The first kappa shape index (κ1) is 19.9. The largest absolute Gasteiger partial charge is 0.496 e. The van der Waals surface area contributed by atoms with E-state index in [1.165, 1.54) is 38.5 Å². The number of hydrogen-bond donors (Lipinski definition) is 1. The highest BCUT2D eigenvalue weighted by atomic mass is 32.1. The van der Waals surface area contributed by atoms with Crippen LogP contribution in [0.1, 0.15) is 55.8 Å². The molecule has 1 saturated heterocycles. The maximum Gasteiger partial charge on any atom is 0.251 e. The topological polar surface area (TPSA) is 54.5 Å². The van der Waals surface area contributed by atoms with Gasteiger partial charge >= 0.3 is 0 Å². The molecule has 1 aliphatic heterocycles. The third kappa shape index (κ3) is 3.70. The highest BCUT2D eigenvalue weighted by Gasteiger charge is 2.42. The number of rotatable bonds is 6. The Morgan fingerprint density at radius 3 is 2.80 bits per heavy atom. The van der Waals surface area contributed by atoms with Gasteiger partial charge in [-0.25, -0.2) is 4.98 Å². The molecule has 0 spiro atoms. The number of carbonyl (C=O) groups excluding carboxylic acids is 1. The molecule has 2 aliphatic carbocycles. The van der Waals surface area contributed by atoms with E-state index in [1.807, 2.05) is 18.2 Å². The summed E-state index contributed by atoms with van der Waals surface area (Å²) in [6.07, 6.45) is 7.82. The first-order valence-corrected chi connectivity index (χ1v) is 12.2. The predicted octanol–water partition coefficient (Wildman–Crippen LogP) is 4.97. The average molecular weight is 426 g/mol. The fraction of sp³-hybridized carbons (Fsp3) is 0.583. The maximum atomic E-state index is 13.0. The fourth-order valence-electron chi connectivity index (χ4n) is 5.79. The van der Waals surface area contributed by atoms with Crippen LogP contribution in [0.4, 0.5) is 5.13 Å². The second-order valence-corrected chi connectivity index (χ2v) is 10.1. The fourth-order valence-corrected chi connectivity index (χ4v) is 6.67. The Bertz CT molecular complexity index is 921. The molecule has 6 heteroatoms. The first-order chi connectivity index (χ1) is 14.6. The van der Waals surface area contributed by atoms with Crippen molar-refractivity contribution in [1.82, 2.24) is 10.3 Å². The van der Waals surface area contributed by atoms with Gasteiger partial charge in [0, 0.05) is 35.6 Å². The van der Waals surface area contributed by atoms with Gasteiger partial charge in [-0.2, -0.15) is 0 Å². The SMILES string of the molecule is COc1ccc(C(=O)NC(C)C2CC3CCC2C3)cc1-c1csc(N2CCCC2)n1. The molecule has 1 N–H and O–H groups in total. The number of nitrogens with one attached hydrogen (secondary N) is 1. The van der Waals surface area contributed by atoms with Gasteiger partial charge < -0.3 is 15.0 Å². The lowest BCUT2D eigenvalue weighted by molar-refractivity contribution is 0.0915. The van der Waals surface area contributed by atoms with Gasteiger partial charge in [0.15, 0.2) is 5.13 Å². The predicted molar refractivity (Wildman–Crippen MR) is 121 cm³/mol. The van der Waals surface area contributed by atoms with Crippen LogP contribution < -0.4 is 15.0 Å². The number of hydrogen-bond acceptors (Lipinski definition) is 5. The van der Waals surface area contributed by atoms with E-state index in [-0.39, 0.29) is 11.9 Å². The maximum absolute atomic E-state index is 13.0. The minimum atomic E-state index is 0.00386. The van der Waals surface area contributed by atoms with E-state index in [0.29, 0.717) is 11.5 Å². The van der Waals surface area contributed by atoms with Gasteiger partial charge in [0.05, 0.1) is 12.8 Å². The Morgan fingerprint density at radius 2 is 2.10 bits per heavy atom. The molecule has 4 unspecified atom stereocenters. The summed E-state index contributed by atoms with van der Waals surface area (Å²) in [5.41, 5.74) is 2.45. The van der Waals surface area contributed by atoms with Crippen molar-refractivity contribution < 1.29 is 9.53 Å². The lowest BCUT2D eigenvalue weighted by Gasteiger charge is -2.28. The van der Waals surface area contributed by atoms with E-state index < -0.39 is 0 Å². The van der Waals surface area contributed by atoms with Crippen molar-refractivity contribution in [2.24, 2.45) is 17.8 Å². The summed E-state index contributed by atoms with van der Waals surface area (Å²) in [6.45, 7) is 4.33. The molecule has 4 atom stereocenters. The molecule has 160 valence electrons. The van der Waals surface area contributed by atoms with Crippen LogP contribution in [0.3, 0.4) is 0 Å². The van der Waals surface area contributed by atoms with E-state index in [4.69, 9.17) is 9.72 Å². The number of aromatic nitrogens is 1. The van der Waals surface area contributed by atoms with Gasteiger partial charge in [0.1, 0.15) is 5.75 Å². The summed E-state index contributed by atoms with van der Waals surface area (Å²) in [4.78, 5) is 20.2. The molecule has 2 bridgehead atoms. The van der Waals surface area contributed by atoms with Gasteiger partial charge in [-0.3, -0.25) is 4.79 Å². The molecule has 2 saturated carbocycles. The van der Waals surface area contributed by atoms with E-state index in [0.717, 1.165) is 47.1 Å². The molecule has 0 radical (unpaired) electrons. The third-order valence-electron chi connectivity index (χ3n) is 7.40. The molecule has 3 aliphatic rings. The Labute approximate surface area is 182 Å². The average Bonchev–Trinajstić information content (AvgIpc) is 3.56. The highest BCUT2D eigenvalue weighted by Crippen LogP contribution is 2.49. The molecule has 30 heavy (non-hydrogen) atoms. The van der Waals surface area contributed by atoms with Crippen LogP contribution in [-0.2, 0) is 0 Å². The number of nitrogens with zero attached hydrogens (tertiary/aromatic N) is 2.